The first-order valence-electron chi connectivity index (χ1n) is 8.20. The molecule has 0 saturated carbocycles. The quantitative estimate of drug-likeness (QED) is 0.555. The third-order valence-corrected chi connectivity index (χ3v) is 3.43. The molecule has 0 amide bonds. The van der Waals surface area contributed by atoms with E-state index in [1.807, 2.05) is 26.0 Å². The average Bonchev–Trinajstić information content (AvgIpc) is 2.65. The lowest BCUT2D eigenvalue weighted by Crippen LogP contribution is -2.06. The number of hydrogen-bond donors (Lipinski definition) is 0. The van der Waals surface area contributed by atoms with Crippen LogP contribution in [0.15, 0.2) is 48.5 Å². The standard InChI is InChI=1S/C21H21NO4/c1-15(2)26-19-10-8-16(12-20(19)24-3)9-11-21(23)25-14-18-6-4-17(13-22)5-7-18/h4-12,15H,14H2,1-3H3/b11-9+. The van der Waals surface area contributed by atoms with Gasteiger partial charge in [0.15, 0.2) is 11.5 Å². The second kappa shape index (κ2) is 9.28. The fourth-order valence-corrected chi connectivity index (χ4v) is 2.18. The molecule has 0 spiro atoms. The largest absolute Gasteiger partial charge is 0.493 e. The maximum absolute atomic E-state index is 11.9. The van der Waals surface area contributed by atoms with Gasteiger partial charge in [-0.15, -0.1) is 0 Å². The Balaban J connectivity index is 1.95. The number of carbonyl (C=O) groups is 1. The Hall–Kier alpha value is -3.26. The highest BCUT2D eigenvalue weighted by Gasteiger charge is 2.07. The van der Waals surface area contributed by atoms with Crippen LogP contribution in [0.2, 0.25) is 0 Å². The monoisotopic (exact) mass is 351 g/mol. The number of benzene rings is 2. The Labute approximate surface area is 153 Å². The number of methoxy groups -OCH3 is 1. The molecular formula is C21H21NO4. The predicted molar refractivity (Wildman–Crippen MR) is 98.7 cm³/mol. The summed E-state index contributed by atoms with van der Waals surface area (Å²) in [5.74, 6) is 0.811. The zero-order valence-electron chi connectivity index (χ0n) is 15.1. The lowest BCUT2D eigenvalue weighted by molar-refractivity contribution is -0.138. The van der Waals surface area contributed by atoms with Crippen molar-refractivity contribution in [3.63, 3.8) is 0 Å². The minimum Gasteiger partial charge on any atom is -0.493 e. The van der Waals surface area contributed by atoms with Crippen LogP contribution in [-0.2, 0) is 16.1 Å². The van der Waals surface area contributed by atoms with Crippen molar-refractivity contribution >= 4 is 12.0 Å². The van der Waals surface area contributed by atoms with E-state index in [4.69, 9.17) is 19.5 Å². The number of carbonyl (C=O) groups excluding carboxylic acids is 1. The van der Waals surface area contributed by atoms with Crippen LogP contribution in [-0.4, -0.2) is 19.2 Å². The Kier molecular flexibility index (Phi) is 6.81. The molecular weight excluding hydrogens is 330 g/mol. The SMILES string of the molecule is COc1cc(/C=C/C(=O)OCc2ccc(C#N)cc2)ccc1OC(C)C. The van der Waals surface area contributed by atoms with Gasteiger partial charge >= 0.3 is 5.97 Å². The lowest BCUT2D eigenvalue weighted by Gasteiger charge is -2.13. The van der Waals surface area contributed by atoms with Crippen LogP contribution >= 0.6 is 0 Å². The van der Waals surface area contributed by atoms with Crippen LogP contribution in [0, 0.1) is 11.3 Å². The van der Waals surface area contributed by atoms with Gasteiger partial charge in [-0.25, -0.2) is 4.79 Å². The second-order valence-corrected chi connectivity index (χ2v) is 5.83. The van der Waals surface area contributed by atoms with Crippen LogP contribution in [0.25, 0.3) is 6.08 Å². The Bertz CT molecular complexity index is 817. The summed E-state index contributed by atoms with van der Waals surface area (Å²) >= 11 is 0. The van der Waals surface area contributed by atoms with Gasteiger partial charge in [0.1, 0.15) is 6.61 Å². The minimum atomic E-state index is -0.448. The van der Waals surface area contributed by atoms with Crippen LogP contribution in [0.4, 0.5) is 0 Å². The molecule has 0 saturated heterocycles. The van der Waals surface area contributed by atoms with Crippen molar-refractivity contribution in [2.75, 3.05) is 7.11 Å². The Morgan fingerprint density at radius 1 is 1.15 bits per heavy atom. The molecule has 2 aromatic rings. The van der Waals surface area contributed by atoms with Gasteiger partial charge in [0.2, 0.25) is 0 Å². The Morgan fingerprint density at radius 3 is 2.50 bits per heavy atom. The minimum absolute atomic E-state index is 0.0440. The van der Waals surface area contributed by atoms with Gasteiger partial charge in [-0.05, 0) is 55.3 Å². The van der Waals surface area contributed by atoms with E-state index in [0.29, 0.717) is 17.1 Å². The summed E-state index contributed by atoms with van der Waals surface area (Å²) in [5, 5.41) is 8.76. The zero-order chi connectivity index (χ0) is 18.9. The molecule has 0 radical (unpaired) electrons. The topological polar surface area (TPSA) is 68.5 Å². The van der Waals surface area contributed by atoms with E-state index in [2.05, 4.69) is 0 Å². The van der Waals surface area contributed by atoms with Crippen molar-refractivity contribution < 1.29 is 19.0 Å². The number of esters is 1. The molecule has 5 nitrogen and oxygen atoms in total. The van der Waals surface area contributed by atoms with Crippen LogP contribution in [0.5, 0.6) is 11.5 Å². The number of rotatable bonds is 7. The third-order valence-electron chi connectivity index (χ3n) is 3.43. The van der Waals surface area contributed by atoms with Crippen LogP contribution < -0.4 is 9.47 Å². The smallest absolute Gasteiger partial charge is 0.331 e. The molecule has 2 rings (SSSR count). The van der Waals surface area contributed by atoms with E-state index in [9.17, 15) is 4.79 Å². The summed E-state index contributed by atoms with van der Waals surface area (Å²) < 4.78 is 16.2. The molecule has 0 fully saturated rings. The summed E-state index contributed by atoms with van der Waals surface area (Å²) in [7, 11) is 1.57. The maximum atomic E-state index is 11.9. The van der Waals surface area contributed by atoms with E-state index in [-0.39, 0.29) is 12.7 Å². The lowest BCUT2D eigenvalue weighted by atomic mass is 10.1. The summed E-state index contributed by atoms with van der Waals surface area (Å²) in [4.78, 5) is 11.9. The van der Waals surface area contributed by atoms with Gasteiger partial charge in [-0.1, -0.05) is 18.2 Å². The summed E-state index contributed by atoms with van der Waals surface area (Å²) in [6, 6.07) is 14.4. The fourth-order valence-electron chi connectivity index (χ4n) is 2.18. The molecule has 5 heteroatoms. The van der Waals surface area contributed by atoms with Gasteiger partial charge < -0.3 is 14.2 Å². The molecule has 0 unspecified atom stereocenters. The molecule has 134 valence electrons. The average molecular weight is 351 g/mol. The van der Waals surface area contributed by atoms with Gasteiger partial charge in [0.05, 0.1) is 24.8 Å². The normalized spacial score (nSPS) is 10.6. The first-order chi connectivity index (χ1) is 12.5. The highest BCUT2D eigenvalue weighted by Crippen LogP contribution is 2.29. The molecule has 0 N–H and O–H groups in total. The van der Waals surface area contributed by atoms with E-state index < -0.39 is 5.97 Å². The van der Waals surface area contributed by atoms with Gasteiger partial charge in [0.25, 0.3) is 0 Å². The third kappa shape index (κ3) is 5.67. The molecule has 0 aliphatic rings. The first-order valence-corrected chi connectivity index (χ1v) is 8.20. The van der Waals surface area contributed by atoms with E-state index in [1.165, 1.54) is 6.08 Å². The number of hydrogen-bond acceptors (Lipinski definition) is 5. The molecule has 0 aromatic heterocycles. The van der Waals surface area contributed by atoms with Crippen molar-refractivity contribution in [2.24, 2.45) is 0 Å². The molecule has 2 aromatic carbocycles. The molecule has 0 heterocycles. The first kappa shape index (κ1) is 19.1. The summed E-state index contributed by atoms with van der Waals surface area (Å²) in [6.45, 7) is 4.04. The van der Waals surface area contributed by atoms with E-state index >= 15 is 0 Å². The van der Waals surface area contributed by atoms with Crippen molar-refractivity contribution in [3.8, 4) is 17.6 Å². The maximum Gasteiger partial charge on any atom is 0.331 e. The van der Waals surface area contributed by atoms with Crippen LogP contribution in [0.1, 0.15) is 30.5 Å². The van der Waals surface area contributed by atoms with Gasteiger partial charge in [-0.3, -0.25) is 0 Å². The van der Waals surface area contributed by atoms with Gasteiger partial charge in [-0.2, -0.15) is 5.26 Å². The summed E-state index contributed by atoms with van der Waals surface area (Å²) in [5.41, 5.74) is 2.19. The van der Waals surface area contributed by atoms with Crippen molar-refractivity contribution in [1.82, 2.24) is 0 Å². The number of nitriles is 1. The molecule has 0 aliphatic heterocycles. The predicted octanol–water partition coefficient (Wildman–Crippen LogP) is 4.11. The van der Waals surface area contributed by atoms with Crippen molar-refractivity contribution in [3.05, 3.63) is 65.2 Å². The van der Waals surface area contributed by atoms with E-state index in [1.54, 1.807) is 49.6 Å². The molecule has 26 heavy (non-hydrogen) atoms. The zero-order valence-corrected chi connectivity index (χ0v) is 15.1. The highest BCUT2D eigenvalue weighted by molar-refractivity contribution is 5.87. The van der Waals surface area contributed by atoms with Crippen LogP contribution in [0.3, 0.4) is 0 Å². The van der Waals surface area contributed by atoms with E-state index in [0.717, 1.165) is 11.1 Å². The molecule has 0 bridgehead atoms. The van der Waals surface area contributed by atoms with Crippen molar-refractivity contribution in [2.45, 2.75) is 26.6 Å². The second-order valence-electron chi connectivity index (χ2n) is 5.83. The van der Waals surface area contributed by atoms with Gasteiger partial charge in [0, 0.05) is 6.08 Å². The molecule has 0 aliphatic carbocycles. The number of ether oxygens (including phenoxy) is 3. The summed E-state index contributed by atoms with van der Waals surface area (Å²) in [6.07, 6.45) is 3.06. The van der Waals surface area contributed by atoms with Crippen molar-refractivity contribution in [1.29, 1.82) is 5.26 Å². The Morgan fingerprint density at radius 2 is 1.88 bits per heavy atom. The fraction of sp³-hybridized carbons (Fsp3) is 0.238. The number of nitrogens with zero attached hydrogens (tertiary/aromatic N) is 1. The highest BCUT2D eigenvalue weighted by atomic mass is 16.5. The molecule has 0 atom stereocenters.